The zero-order valence-electron chi connectivity index (χ0n) is 18.1. The lowest BCUT2D eigenvalue weighted by Gasteiger charge is -2.40. The first-order valence-electron chi connectivity index (χ1n) is 11.1. The van der Waals surface area contributed by atoms with E-state index in [0.29, 0.717) is 19.3 Å². The Balaban J connectivity index is 1.38. The molecule has 0 spiro atoms. The Kier molecular flexibility index (Phi) is 6.17. The number of alkyl carbamates (subject to hydrolysis) is 1. The number of carbonyl (C=O) groups is 3. The first kappa shape index (κ1) is 21.9. The van der Waals surface area contributed by atoms with Gasteiger partial charge in [-0.25, -0.2) is 4.79 Å². The molecule has 2 aromatic carbocycles. The Labute approximate surface area is 187 Å². The van der Waals surface area contributed by atoms with Crippen LogP contribution in [0.3, 0.4) is 0 Å². The topological polar surface area (TPSA) is 105 Å². The summed E-state index contributed by atoms with van der Waals surface area (Å²) in [7, 11) is 0. The van der Waals surface area contributed by atoms with E-state index in [1.54, 1.807) is 6.92 Å². The number of carbonyl (C=O) groups excluding carboxylic acids is 2. The van der Waals surface area contributed by atoms with Gasteiger partial charge in [-0.2, -0.15) is 0 Å². The molecule has 2 amide bonds. The molecule has 0 aromatic heterocycles. The second-order valence-corrected chi connectivity index (χ2v) is 8.54. The average Bonchev–Trinajstić information content (AvgIpc) is 3.08. The van der Waals surface area contributed by atoms with Crippen LogP contribution in [0.15, 0.2) is 48.5 Å². The van der Waals surface area contributed by atoms with E-state index in [1.165, 1.54) is 0 Å². The Morgan fingerprint density at radius 3 is 2.16 bits per heavy atom. The van der Waals surface area contributed by atoms with Crippen LogP contribution in [0.25, 0.3) is 11.1 Å². The number of aliphatic carboxylic acids is 1. The summed E-state index contributed by atoms with van der Waals surface area (Å²) in [4.78, 5) is 36.6. The second-order valence-electron chi connectivity index (χ2n) is 8.54. The molecule has 32 heavy (non-hydrogen) atoms. The Bertz CT molecular complexity index is 985. The summed E-state index contributed by atoms with van der Waals surface area (Å²) in [5.41, 5.74) is 3.51. The lowest BCUT2D eigenvalue weighted by Crippen LogP contribution is -2.63. The van der Waals surface area contributed by atoms with Gasteiger partial charge < -0.3 is 20.5 Å². The molecule has 2 aromatic rings. The lowest BCUT2D eigenvalue weighted by molar-refractivity contribution is -0.142. The number of carboxylic acid groups (broad SMARTS) is 1. The maximum absolute atomic E-state index is 12.7. The van der Waals surface area contributed by atoms with Crippen molar-refractivity contribution in [3.05, 3.63) is 59.7 Å². The number of ether oxygens (including phenoxy) is 1. The molecular formula is C25H28N2O5. The number of nitrogens with one attached hydrogen (secondary N) is 2. The van der Waals surface area contributed by atoms with E-state index in [2.05, 4.69) is 34.9 Å². The molecule has 1 fully saturated rings. The maximum Gasteiger partial charge on any atom is 0.408 e. The van der Waals surface area contributed by atoms with Crippen molar-refractivity contribution in [1.82, 2.24) is 10.6 Å². The van der Waals surface area contributed by atoms with E-state index >= 15 is 0 Å². The third-order valence-corrected chi connectivity index (χ3v) is 6.68. The summed E-state index contributed by atoms with van der Waals surface area (Å²) in [6.07, 6.45) is 1.61. The normalized spacial score (nSPS) is 16.8. The van der Waals surface area contributed by atoms with Crippen LogP contribution in [0, 0.1) is 5.92 Å². The van der Waals surface area contributed by atoms with E-state index in [1.807, 2.05) is 24.3 Å². The van der Waals surface area contributed by atoms with Crippen LogP contribution in [0.2, 0.25) is 0 Å². The van der Waals surface area contributed by atoms with Gasteiger partial charge in [0.2, 0.25) is 5.91 Å². The van der Waals surface area contributed by atoms with Crippen LogP contribution in [0.5, 0.6) is 0 Å². The Morgan fingerprint density at radius 2 is 1.66 bits per heavy atom. The summed E-state index contributed by atoms with van der Waals surface area (Å²) in [6, 6.07) is 16.2. The number of benzene rings is 2. The highest BCUT2D eigenvalue weighted by atomic mass is 16.5. The predicted molar refractivity (Wildman–Crippen MR) is 119 cm³/mol. The zero-order chi connectivity index (χ0) is 22.7. The fourth-order valence-corrected chi connectivity index (χ4v) is 4.56. The van der Waals surface area contributed by atoms with Crippen LogP contribution < -0.4 is 10.6 Å². The van der Waals surface area contributed by atoms with Crippen molar-refractivity contribution >= 4 is 18.0 Å². The highest BCUT2D eigenvalue weighted by Crippen LogP contribution is 2.44. The molecule has 7 heteroatoms. The minimum atomic E-state index is -1.03. The molecule has 0 radical (unpaired) electrons. The van der Waals surface area contributed by atoms with Gasteiger partial charge in [0.1, 0.15) is 12.1 Å². The van der Waals surface area contributed by atoms with Gasteiger partial charge in [0.15, 0.2) is 0 Å². The molecule has 0 heterocycles. The molecule has 2 aliphatic rings. The smallest absolute Gasteiger partial charge is 0.408 e. The number of amides is 2. The van der Waals surface area contributed by atoms with Crippen molar-refractivity contribution in [2.75, 3.05) is 13.2 Å². The Hall–Kier alpha value is -3.35. The lowest BCUT2D eigenvalue weighted by atomic mass is 9.76. The van der Waals surface area contributed by atoms with Gasteiger partial charge in [-0.05, 0) is 47.9 Å². The number of carboxylic acids is 1. The number of hydrogen-bond acceptors (Lipinski definition) is 4. The standard InChI is InChI=1S/C25H28N2O5/c1-2-16(22(28)29)14-26-23(30)25(12-7-13-25)27-24(31)32-15-21-19-10-5-3-8-17(19)18-9-4-6-11-20(18)21/h3-6,8-11,16,21H,2,7,12-15H2,1H3,(H,26,30)(H,27,31)(H,28,29). The monoisotopic (exact) mass is 436 g/mol. The van der Waals surface area contributed by atoms with Gasteiger partial charge in [-0.15, -0.1) is 0 Å². The molecule has 7 nitrogen and oxygen atoms in total. The minimum Gasteiger partial charge on any atom is -0.481 e. The van der Waals surface area contributed by atoms with E-state index in [9.17, 15) is 19.5 Å². The highest BCUT2D eigenvalue weighted by molar-refractivity contribution is 5.91. The average molecular weight is 437 g/mol. The summed E-state index contributed by atoms with van der Waals surface area (Å²) >= 11 is 0. The number of rotatable bonds is 8. The molecule has 0 saturated heterocycles. The van der Waals surface area contributed by atoms with Gasteiger partial charge in [-0.3, -0.25) is 9.59 Å². The molecule has 1 unspecified atom stereocenters. The third kappa shape index (κ3) is 4.07. The fourth-order valence-electron chi connectivity index (χ4n) is 4.56. The first-order valence-corrected chi connectivity index (χ1v) is 11.1. The largest absolute Gasteiger partial charge is 0.481 e. The molecule has 1 saturated carbocycles. The Morgan fingerprint density at radius 1 is 1.06 bits per heavy atom. The summed E-state index contributed by atoms with van der Waals surface area (Å²) in [5.74, 6) is -2.00. The van der Waals surface area contributed by atoms with E-state index in [0.717, 1.165) is 28.7 Å². The molecule has 1 atom stereocenters. The zero-order valence-corrected chi connectivity index (χ0v) is 18.1. The van der Waals surface area contributed by atoms with Crippen molar-refractivity contribution in [1.29, 1.82) is 0 Å². The second kappa shape index (κ2) is 9.02. The molecule has 2 aliphatic carbocycles. The summed E-state index contributed by atoms with van der Waals surface area (Å²) in [5, 5.41) is 14.6. The fraction of sp³-hybridized carbons (Fsp3) is 0.400. The first-order chi connectivity index (χ1) is 15.4. The van der Waals surface area contributed by atoms with Gasteiger partial charge >= 0.3 is 12.1 Å². The number of hydrogen-bond donors (Lipinski definition) is 3. The van der Waals surface area contributed by atoms with E-state index in [-0.39, 0.29) is 25.0 Å². The van der Waals surface area contributed by atoms with Crippen LogP contribution >= 0.6 is 0 Å². The molecule has 0 bridgehead atoms. The van der Waals surface area contributed by atoms with Gasteiger partial charge in [-0.1, -0.05) is 55.5 Å². The van der Waals surface area contributed by atoms with E-state index in [4.69, 9.17) is 4.74 Å². The van der Waals surface area contributed by atoms with Crippen LogP contribution in [0.4, 0.5) is 4.79 Å². The van der Waals surface area contributed by atoms with Crippen molar-refractivity contribution in [3.8, 4) is 11.1 Å². The third-order valence-electron chi connectivity index (χ3n) is 6.68. The molecular weight excluding hydrogens is 408 g/mol. The highest BCUT2D eigenvalue weighted by Gasteiger charge is 2.46. The quantitative estimate of drug-likeness (QED) is 0.586. The molecule has 3 N–H and O–H groups in total. The SMILES string of the molecule is CCC(CNC(=O)C1(NC(=O)OCC2c3ccccc3-c3ccccc32)CCC1)C(=O)O. The molecule has 4 rings (SSSR count). The van der Waals surface area contributed by atoms with Crippen molar-refractivity contribution in [2.24, 2.45) is 5.92 Å². The van der Waals surface area contributed by atoms with E-state index < -0.39 is 23.5 Å². The van der Waals surface area contributed by atoms with Gasteiger partial charge in [0.05, 0.1) is 5.92 Å². The van der Waals surface area contributed by atoms with Crippen LogP contribution in [0.1, 0.15) is 49.7 Å². The van der Waals surface area contributed by atoms with Crippen LogP contribution in [-0.4, -0.2) is 41.8 Å². The number of fused-ring (bicyclic) bond motifs is 3. The van der Waals surface area contributed by atoms with Crippen molar-refractivity contribution in [3.63, 3.8) is 0 Å². The van der Waals surface area contributed by atoms with Crippen molar-refractivity contribution in [2.45, 2.75) is 44.1 Å². The van der Waals surface area contributed by atoms with Gasteiger partial charge in [0, 0.05) is 12.5 Å². The maximum atomic E-state index is 12.7. The molecule has 0 aliphatic heterocycles. The van der Waals surface area contributed by atoms with Crippen LogP contribution in [-0.2, 0) is 14.3 Å². The van der Waals surface area contributed by atoms with Crippen molar-refractivity contribution < 1.29 is 24.2 Å². The molecule has 168 valence electrons. The summed E-state index contributed by atoms with van der Waals surface area (Å²) in [6.45, 7) is 1.98. The predicted octanol–water partition coefficient (Wildman–Crippen LogP) is 3.67. The minimum absolute atomic E-state index is 0.0405. The summed E-state index contributed by atoms with van der Waals surface area (Å²) < 4.78 is 5.58. The van der Waals surface area contributed by atoms with Gasteiger partial charge in [0.25, 0.3) is 0 Å².